The molecule has 2 heterocycles. The molecule has 1 fully saturated rings. The summed E-state index contributed by atoms with van der Waals surface area (Å²) in [5, 5.41) is 2.88. The van der Waals surface area contributed by atoms with Crippen molar-refractivity contribution in [2.45, 2.75) is 19.8 Å². The second kappa shape index (κ2) is 6.69. The molecule has 1 saturated heterocycles. The van der Waals surface area contributed by atoms with E-state index in [1.165, 1.54) is 24.7 Å². The highest BCUT2D eigenvalue weighted by atomic mass is 16.1. The molecule has 2 aromatic rings. The zero-order valence-corrected chi connectivity index (χ0v) is 13.3. The van der Waals surface area contributed by atoms with Crippen molar-refractivity contribution in [1.82, 2.24) is 4.98 Å². The third-order valence-electron chi connectivity index (χ3n) is 4.32. The topological polar surface area (TPSA) is 71.2 Å². The highest BCUT2D eigenvalue weighted by Crippen LogP contribution is 2.24. The van der Waals surface area contributed by atoms with Gasteiger partial charge in [0.05, 0.1) is 0 Å². The summed E-state index contributed by atoms with van der Waals surface area (Å²) in [6.07, 6.45) is 4.01. The van der Waals surface area contributed by atoms with Crippen molar-refractivity contribution in [2.75, 3.05) is 29.0 Å². The van der Waals surface area contributed by atoms with Crippen LogP contribution in [0.1, 0.15) is 30.1 Å². The largest absolute Gasteiger partial charge is 0.384 e. The Kier molecular flexibility index (Phi) is 4.46. The second-order valence-corrected chi connectivity index (χ2v) is 6.14. The van der Waals surface area contributed by atoms with E-state index in [0.717, 1.165) is 24.7 Å². The van der Waals surface area contributed by atoms with E-state index in [4.69, 9.17) is 5.73 Å². The fraction of sp³-hybridized carbons (Fsp3) is 0.333. The minimum atomic E-state index is -0.182. The van der Waals surface area contributed by atoms with Crippen LogP contribution in [0, 0.1) is 5.92 Å². The maximum absolute atomic E-state index is 12.2. The monoisotopic (exact) mass is 310 g/mol. The van der Waals surface area contributed by atoms with Crippen molar-refractivity contribution in [3.05, 3.63) is 48.2 Å². The van der Waals surface area contributed by atoms with Gasteiger partial charge in [0.2, 0.25) is 0 Å². The van der Waals surface area contributed by atoms with Gasteiger partial charge in [-0.25, -0.2) is 4.98 Å². The first kappa shape index (κ1) is 15.3. The van der Waals surface area contributed by atoms with Crippen molar-refractivity contribution in [3.8, 4) is 0 Å². The number of carbonyl (C=O) groups is 1. The molecule has 120 valence electrons. The van der Waals surface area contributed by atoms with Crippen molar-refractivity contribution in [3.63, 3.8) is 0 Å². The van der Waals surface area contributed by atoms with Gasteiger partial charge in [-0.2, -0.15) is 0 Å². The molecule has 0 radical (unpaired) electrons. The second-order valence-electron chi connectivity index (χ2n) is 6.14. The SMILES string of the molecule is CC1CCN(c2ccc(NC(=O)c3ccnc(N)c3)cc2)CC1. The molecular formula is C18H22N4O. The number of hydrogen-bond acceptors (Lipinski definition) is 4. The van der Waals surface area contributed by atoms with Gasteiger partial charge >= 0.3 is 0 Å². The number of carbonyl (C=O) groups excluding carboxylic acids is 1. The molecule has 5 nitrogen and oxygen atoms in total. The average molecular weight is 310 g/mol. The zero-order valence-electron chi connectivity index (χ0n) is 13.3. The van der Waals surface area contributed by atoms with Crippen molar-refractivity contribution in [1.29, 1.82) is 0 Å². The van der Waals surface area contributed by atoms with E-state index in [1.54, 1.807) is 12.1 Å². The lowest BCUT2D eigenvalue weighted by Crippen LogP contribution is -2.32. The van der Waals surface area contributed by atoms with Gasteiger partial charge in [-0.05, 0) is 55.2 Å². The summed E-state index contributed by atoms with van der Waals surface area (Å²) >= 11 is 0. The number of piperidine rings is 1. The summed E-state index contributed by atoms with van der Waals surface area (Å²) in [7, 11) is 0. The molecule has 3 N–H and O–H groups in total. The van der Waals surface area contributed by atoms with Gasteiger partial charge in [0, 0.05) is 36.2 Å². The first-order valence-corrected chi connectivity index (χ1v) is 8.00. The predicted molar refractivity (Wildman–Crippen MR) is 93.7 cm³/mol. The lowest BCUT2D eigenvalue weighted by molar-refractivity contribution is 0.102. The Morgan fingerprint density at radius 2 is 1.91 bits per heavy atom. The van der Waals surface area contributed by atoms with Crippen LogP contribution in [0.5, 0.6) is 0 Å². The number of nitrogen functional groups attached to an aromatic ring is 1. The van der Waals surface area contributed by atoms with Gasteiger partial charge in [-0.3, -0.25) is 4.79 Å². The number of anilines is 3. The van der Waals surface area contributed by atoms with E-state index in [-0.39, 0.29) is 5.91 Å². The van der Waals surface area contributed by atoms with Gasteiger partial charge in [0.15, 0.2) is 0 Å². The molecule has 0 spiro atoms. The molecule has 0 bridgehead atoms. The number of amides is 1. The van der Waals surface area contributed by atoms with Crippen LogP contribution < -0.4 is 16.0 Å². The number of aromatic nitrogens is 1. The molecule has 5 heteroatoms. The van der Waals surface area contributed by atoms with Gasteiger partial charge in [-0.15, -0.1) is 0 Å². The van der Waals surface area contributed by atoms with E-state index in [0.29, 0.717) is 11.4 Å². The molecule has 3 rings (SSSR count). The molecule has 0 aliphatic carbocycles. The standard InChI is InChI=1S/C18H22N4O/c1-13-7-10-22(11-8-13)16-4-2-15(3-5-16)21-18(23)14-6-9-20-17(19)12-14/h2-6,9,12-13H,7-8,10-11H2,1H3,(H2,19,20)(H,21,23). The minimum Gasteiger partial charge on any atom is -0.384 e. The number of hydrogen-bond donors (Lipinski definition) is 2. The zero-order chi connectivity index (χ0) is 16.2. The summed E-state index contributed by atoms with van der Waals surface area (Å²) in [5.41, 5.74) is 8.10. The summed E-state index contributed by atoms with van der Waals surface area (Å²) in [5.74, 6) is 0.976. The summed E-state index contributed by atoms with van der Waals surface area (Å²) in [4.78, 5) is 18.5. The Hall–Kier alpha value is -2.56. The Morgan fingerprint density at radius 3 is 2.57 bits per heavy atom. The quantitative estimate of drug-likeness (QED) is 0.913. The van der Waals surface area contributed by atoms with Crippen LogP contribution in [0.3, 0.4) is 0 Å². The highest BCUT2D eigenvalue weighted by Gasteiger charge is 2.16. The number of nitrogens with zero attached hydrogens (tertiary/aromatic N) is 2. The first-order chi connectivity index (χ1) is 11.1. The van der Waals surface area contributed by atoms with Crippen LogP contribution in [0.2, 0.25) is 0 Å². The highest BCUT2D eigenvalue weighted by molar-refractivity contribution is 6.04. The third-order valence-corrected chi connectivity index (χ3v) is 4.32. The summed E-state index contributed by atoms with van der Waals surface area (Å²) in [6.45, 7) is 4.51. The van der Waals surface area contributed by atoms with Crippen LogP contribution in [0.4, 0.5) is 17.2 Å². The van der Waals surface area contributed by atoms with E-state index < -0.39 is 0 Å². The number of pyridine rings is 1. The minimum absolute atomic E-state index is 0.182. The van der Waals surface area contributed by atoms with Crippen LogP contribution in [-0.4, -0.2) is 24.0 Å². The summed E-state index contributed by atoms with van der Waals surface area (Å²) < 4.78 is 0. The molecular weight excluding hydrogens is 288 g/mol. The van der Waals surface area contributed by atoms with Crippen LogP contribution in [0.25, 0.3) is 0 Å². The number of benzene rings is 1. The van der Waals surface area contributed by atoms with Gasteiger partial charge in [0.25, 0.3) is 5.91 Å². The third kappa shape index (κ3) is 3.80. The lowest BCUT2D eigenvalue weighted by Gasteiger charge is -2.32. The first-order valence-electron chi connectivity index (χ1n) is 8.00. The van der Waals surface area contributed by atoms with E-state index in [1.807, 2.05) is 12.1 Å². The van der Waals surface area contributed by atoms with Crippen LogP contribution in [0.15, 0.2) is 42.6 Å². The number of rotatable bonds is 3. The van der Waals surface area contributed by atoms with Crippen molar-refractivity contribution < 1.29 is 4.79 Å². The molecule has 23 heavy (non-hydrogen) atoms. The Bertz CT molecular complexity index is 676. The smallest absolute Gasteiger partial charge is 0.255 e. The number of nitrogens with two attached hydrogens (primary N) is 1. The molecule has 1 amide bonds. The van der Waals surface area contributed by atoms with Gasteiger partial charge in [-0.1, -0.05) is 6.92 Å². The van der Waals surface area contributed by atoms with E-state index >= 15 is 0 Å². The molecule has 1 aromatic heterocycles. The maximum atomic E-state index is 12.2. The molecule has 1 aromatic carbocycles. The Labute approximate surface area is 136 Å². The fourth-order valence-corrected chi connectivity index (χ4v) is 2.82. The number of nitrogens with one attached hydrogen (secondary N) is 1. The van der Waals surface area contributed by atoms with Crippen molar-refractivity contribution in [2.24, 2.45) is 5.92 Å². The van der Waals surface area contributed by atoms with E-state index in [2.05, 4.69) is 34.3 Å². The van der Waals surface area contributed by atoms with Crippen LogP contribution >= 0.6 is 0 Å². The van der Waals surface area contributed by atoms with Gasteiger partial charge in [0.1, 0.15) is 5.82 Å². The average Bonchev–Trinajstić information content (AvgIpc) is 2.56. The summed E-state index contributed by atoms with van der Waals surface area (Å²) in [6, 6.07) is 11.2. The molecule has 0 unspecified atom stereocenters. The molecule has 0 saturated carbocycles. The maximum Gasteiger partial charge on any atom is 0.255 e. The molecule has 1 aliphatic rings. The van der Waals surface area contributed by atoms with Crippen molar-refractivity contribution >= 4 is 23.1 Å². The normalized spacial score (nSPS) is 15.4. The van der Waals surface area contributed by atoms with Gasteiger partial charge < -0.3 is 16.0 Å². The lowest BCUT2D eigenvalue weighted by atomic mass is 9.99. The van der Waals surface area contributed by atoms with Crippen LogP contribution in [-0.2, 0) is 0 Å². The molecule has 0 atom stereocenters. The Morgan fingerprint density at radius 1 is 1.22 bits per heavy atom. The predicted octanol–water partition coefficient (Wildman–Crippen LogP) is 3.15. The molecule has 1 aliphatic heterocycles. The van der Waals surface area contributed by atoms with E-state index in [9.17, 15) is 4.79 Å². The fourth-order valence-electron chi connectivity index (χ4n) is 2.82. The Balaban J connectivity index is 1.64.